The van der Waals surface area contributed by atoms with Gasteiger partial charge in [0.2, 0.25) is 0 Å². The summed E-state index contributed by atoms with van der Waals surface area (Å²) >= 11 is 0. The number of allylic oxidation sites excluding steroid dienone is 1. The van der Waals surface area contributed by atoms with Crippen molar-refractivity contribution < 1.29 is 4.74 Å². The molecule has 0 aliphatic carbocycles. The Hall–Kier alpha value is -1.24. The molecular weight excluding hydrogens is 220 g/mol. The van der Waals surface area contributed by atoms with E-state index in [1.54, 1.807) is 0 Å². The Balaban J connectivity index is 1.92. The minimum Gasteiger partial charge on any atom is -0.490 e. The number of rotatable bonds is 10. The van der Waals surface area contributed by atoms with Gasteiger partial charge in [-0.3, -0.25) is 0 Å². The lowest BCUT2D eigenvalue weighted by molar-refractivity contribution is 0.362. The first-order chi connectivity index (χ1) is 8.93. The Morgan fingerprint density at radius 1 is 0.889 bits per heavy atom. The van der Waals surface area contributed by atoms with Gasteiger partial charge in [0.15, 0.2) is 0 Å². The lowest BCUT2D eigenvalue weighted by atomic mass is 10.1. The molecule has 1 heteroatoms. The van der Waals surface area contributed by atoms with Crippen LogP contribution in [-0.4, -0.2) is 6.61 Å². The molecule has 100 valence electrons. The molecule has 0 aromatic heterocycles. The molecule has 0 N–H and O–H groups in total. The van der Waals surface area contributed by atoms with Crippen molar-refractivity contribution in [3.8, 4) is 5.75 Å². The summed E-state index contributed by atoms with van der Waals surface area (Å²) in [5, 5.41) is 0. The second-order valence-electron chi connectivity index (χ2n) is 4.65. The smallest absolute Gasteiger partial charge is 0.119 e. The molecule has 0 unspecified atom stereocenters. The Kier molecular flexibility index (Phi) is 8.96. The zero-order valence-corrected chi connectivity index (χ0v) is 11.6. The summed E-state index contributed by atoms with van der Waals surface area (Å²) in [4.78, 5) is 0. The van der Waals surface area contributed by atoms with Crippen LogP contribution in [0.15, 0.2) is 42.5 Å². The largest absolute Gasteiger partial charge is 0.490 e. The number of unbranched alkanes of at least 4 members (excludes halogenated alkanes) is 6. The van der Waals surface area contributed by atoms with Crippen molar-refractivity contribution in [2.24, 2.45) is 0 Å². The molecule has 0 aliphatic heterocycles. The normalized spacial score (nSPS) is 10.9. The first-order valence-corrected chi connectivity index (χ1v) is 7.26. The summed E-state index contributed by atoms with van der Waals surface area (Å²) in [6.45, 7) is 2.94. The van der Waals surface area contributed by atoms with Gasteiger partial charge in [-0.15, -0.1) is 0 Å². The van der Waals surface area contributed by atoms with Crippen molar-refractivity contribution in [1.82, 2.24) is 0 Å². The SMILES string of the molecule is CCCCCCCCC=CCOc1ccccc1. The molecule has 0 bridgehead atoms. The minimum absolute atomic E-state index is 0.680. The second kappa shape index (κ2) is 10.9. The Bertz CT molecular complexity index is 303. The lowest BCUT2D eigenvalue weighted by Gasteiger charge is -2.01. The molecule has 0 spiro atoms. The molecule has 0 saturated heterocycles. The van der Waals surface area contributed by atoms with E-state index in [4.69, 9.17) is 4.74 Å². The molecule has 1 nitrogen and oxygen atoms in total. The zero-order chi connectivity index (χ0) is 12.9. The van der Waals surface area contributed by atoms with Crippen LogP contribution in [0.1, 0.15) is 51.9 Å². The molecule has 0 amide bonds. The van der Waals surface area contributed by atoms with Gasteiger partial charge in [-0.2, -0.15) is 0 Å². The summed E-state index contributed by atoms with van der Waals surface area (Å²) in [7, 11) is 0. The predicted octanol–water partition coefficient (Wildman–Crippen LogP) is 5.37. The van der Waals surface area contributed by atoms with Gasteiger partial charge < -0.3 is 4.74 Å². The Morgan fingerprint density at radius 3 is 2.39 bits per heavy atom. The predicted molar refractivity (Wildman–Crippen MR) is 79.1 cm³/mol. The maximum atomic E-state index is 5.58. The molecule has 0 saturated carbocycles. The number of ether oxygens (including phenoxy) is 1. The molecule has 1 aromatic carbocycles. The van der Waals surface area contributed by atoms with E-state index < -0.39 is 0 Å². The van der Waals surface area contributed by atoms with Crippen LogP contribution in [0.4, 0.5) is 0 Å². The van der Waals surface area contributed by atoms with Gasteiger partial charge >= 0.3 is 0 Å². The second-order valence-corrected chi connectivity index (χ2v) is 4.65. The Labute approximate surface area is 112 Å². The summed E-state index contributed by atoms with van der Waals surface area (Å²) < 4.78 is 5.58. The van der Waals surface area contributed by atoms with Gasteiger partial charge in [0.05, 0.1) is 0 Å². The standard InChI is InChI=1S/C17H26O/c1-2-3-4-5-6-7-8-9-13-16-18-17-14-11-10-12-15-17/h9-15H,2-8,16H2,1H3. The molecule has 1 rings (SSSR count). The topological polar surface area (TPSA) is 9.23 Å². The van der Waals surface area contributed by atoms with Crippen molar-refractivity contribution in [1.29, 1.82) is 0 Å². The van der Waals surface area contributed by atoms with Crippen LogP contribution in [-0.2, 0) is 0 Å². The third kappa shape index (κ3) is 7.94. The number of para-hydroxylation sites is 1. The average molecular weight is 246 g/mol. The van der Waals surface area contributed by atoms with Crippen LogP contribution in [0.3, 0.4) is 0 Å². The van der Waals surface area contributed by atoms with E-state index in [1.165, 1.54) is 44.9 Å². The summed E-state index contributed by atoms with van der Waals surface area (Å²) in [5.41, 5.74) is 0. The van der Waals surface area contributed by atoms with Crippen LogP contribution in [0.2, 0.25) is 0 Å². The summed E-state index contributed by atoms with van der Waals surface area (Å²) in [5.74, 6) is 0.946. The van der Waals surface area contributed by atoms with Crippen molar-refractivity contribution >= 4 is 0 Å². The van der Waals surface area contributed by atoms with E-state index in [9.17, 15) is 0 Å². The fourth-order valence-electron chi connectivity index (χ4n) is 1.89. The third-order valence-corrected chi connectivity index (χ3v) is 2.98. The molecule has 0 fully saturated rings. The van der Waals surface area contributed by atoms with E-state index in [0.29, 0.717) is 6.61 Å². The number of hydrogen-bond acceptors (Lipinski definition) is 1. The molecule has 0 atom stereocenters. The van der Waals surface area contributed by atoms with E-state index in [0.717, 1.165) is 5.75 Å². The molecule has 18 heavy (non-hydrogen) atoms. The highest BCUT2D eigenvalue weighted by molar-refractivity contribution is 5.21. The number of hydrogen-bond donors (Lipinski definition) is 0. The number of benzene rings is 1. The van der Waals surface area contributed by atoms with Gasteiger partial charge in [0, 0.05) is 0 Å². The van der Waals surface area contributed by atoms with Crippen LogP contribution >= 0.6 is 0 Å². The van der Waals surface area contributed by atoms with Crippen molar-refractivity contribution in [2.75, 3.05) is 6.61 Å². The van der Waals surface area contributed by atoms with E-state index >= 15 is 0 Å². The minimum atomic E-state index is 0.680. The third-order valence-electron chi connectivity index (χ3n) is 2.98. The first kappa shape index (κ1) is 14.8. The fraction of sp³-hybridized carbons (Fsp3) is 0.529. The molecule has 0 aliphatic rings. The quantitative estimate of drug-likeness (QED) is 0.398. The maximum Gasteiger partial charge on any atom is 0.119 e. The molecule has 0 radical (unpaired) electrons. The highest BCUT2D eigenvalue weighted by Gasteiger charge is 1.89. The summed E-state index contributed by atoms with van der Waals surface area (Å²) in [6.07, 6.45) is 13.7. The van der Waals surface area contributed by atoms with Gasteiger partial charge in [0.25, 0.3) is 0 Å². The average Bonchev–Trinajstić information content (AvgIpc) is 2.42. The first-order valence-electron chi connectivity index (χ1n) is 7.26. The van der Waals surface area contributed by atoms with Crippen LogP contribution in [0.25, 0.3) is 0 Å². The fourth-order valence-corrected chi connectivity index (χ4v) is 1.89. The van der Waals surface area contributed by atoms with Crippen molar-refractivity contribution in [3.63, 3.8) is 0 Å². The van der Waals surface area contributed by atoms with E-state index in [-0.39, 0.29) is 0 Å². The highest BCUT2D eigenvalue weighted by Crippen LogP contribution is 2.09. The molecule has 0 heterocycles. The highest BCUT2D eigenvalue weighted by atomic mass is 16.5. The Morgan fingerprint density at radius 2 is 1.61 bits per heavy atom. The lowest BCUT2D eigenvalue weighted by Crippen LogP contribution is -1.92. The van der Waals surface area contributed by atoms with Crippen LogP contribution in [0, 0.1) is 0 Å². The monoisotopic (exact) mass is 246 g/mol. The van der Waals surface area contributed by atoms with Crippen molar-refractivity contribution in [3.05, 3.63) is 42.5 Å². The van der Waals surface area contributed by atoms with E-state index in [1.807, 2.05) is 30.3 Å². The van der Waals surface area contributed by atoms with E-state index in [2.05, 4.69) is 19.1 Å². The van der Waals surface area contributed by atoms with Crippen LogP contribution in [0.5, 0.6) is 5.75 Å². The zero-order valence-electron chi connectivity index (χ0n) is 11.6. The van der Waals surface area contributed by atoms with Gasteiger partial charge in [-0.1, -0.05) is 69.4 Å². The summed E-state index contributed by atoms with van der Waals surface area (Å²) in [6, 6.07) is 9.97. The van der Waals surface area contributed by atoms with Crippen LogP contribution < -0.4 is 4.74 Å². The van der Waals surface area contributed by atoms with Gasteiger partial charge in [-0.25, -0.2) is 0 Å². The maximum absolute atomic E-state index is 5.58. The van der Waals surface area contributed by atoms with Crippen molar-refractivity contribution in [2.45, 2.75) is 51.9 Å². The molecular formula is C17H26O. The molecule has 1 aromatic rings. The van der Waals surface area contributed by atoms with Gasteiger partial charge in [-0.05, 0) is 25.0 Å². The van der Waals surface area contributed by atoms with Gasteiger partial charge in [0.1, 0.15) is 12.4 Å².